The van der Waals surface area contributed by atoms with Gasteiger partial charge in [-0.15, -0.1) is 0 Å². The first kappa shape index (κ1) is 12.4. The van der Waals surface area contributed by atoms with Gasteiger partial charge in [0, 0.05) is 14.2 Å². The number of aromatic nitrogens is 2. The van der Waals surface area contributed by atoms with Crippen LogP contribution in [0.25, 0.3) is 5.69 Å². The van der Waals surface area contributed by atoms with Crippen molar-refractivity contribution in [1.82, 2.24) is 9.36 Å². The molecule has 1 heterocycles. The van der Waals surface area contributed by atoms with Gasteiger partial charge in [-0.05, 0) is 19.1 Å². The van der Waals surface area contributed by atoms with Crippen LogP contribution >= 0.6 is 0 Å². The topological polar surface area (TPSA) is 62.2 Å². The standard InChI is InChI=1S/C13H17N3O2/c1-9(18-3)12-11(14)13(17)16(15(12)2)10-7-5-4-6-8-10/h4-9H,14H2,1-3H3/t9-/m1/s1. The number of hydrogen-bond donors (Lipinski definition) is 1. The second-order valence-corrected chi connectivity index (χ2v) is 4.15. The minimum Gasteiger partial charge on any atom is -0.393 e. The van der Waals surface area contributed by atoms with Crippen LogP contribution in [0.4, 0.5) is 5.69 Å². The molecule has 1 atom stereocenters. The lowest BCUT2D eigenvalue weighted by molar-refractivity contribution is 0.112. The van der Waals surface area contributed by atoms with Crippen LogP contribution in [0.1, 0.15) is 18.7 Å². The fourth-order valence-electron chi connectivity index (χ4n) is 2.10. The molecule has 0 unspecified atom stereocenters. The van der Waals surface area contributed by atoms with E-state index in [1.807, 2.05) is 37.3 Å². The van der Waals surface area contributed by atoms with E-state index >= 15 is 0 Å². The van der Waals surface area contributed by atoms with E-state index in [0.717, 1.165) is 5.69 Å². The SMILES string of the molecule is CO[C@H](C)c1c(N)c(=O)n(-c2ccccc2)n1C. The molecule has 0 saturated heterocycles. The van der Waals surface area contributed by atoms with Crippen LogP contribution in [0, 0.1) is 0 Å². The number of anilines is 1. The summed E-state index contributed by atoms with van der Waals surface area (Å²) in [6.45, 7) is 1.86. The summed E-state index contributed by atoms with van der Waals surface area (Å²) in [7, 11) is 3.39. The Hall–Kier alpha value is -2.01. The first-order chi connectivity index (χ1) is 8.57. The summed E-state index contributed by atoms with van der Waals surface area (Å²) >= 11 is 0. The van der Waals surface area contributed by atoms with Crippen molar-refractivity contribution < 1.29 is 4.74 Å². The quantitative estimate of drug-likeness (QED) is 0.893. The minimum atomic E-state index is -0.229. The molecule has 2 N–H and O–H groups in total. The Labute approximate surface area is 105 Å². The maximum absolute atomic E-state index is 12.2. The van der Waals surface area contributed by atoms with Crippen LogP contribution in [0.15, 0.2) is 35.1 Å². The zero-order valence-corrected chi connectivity index (χ0v) is 10.8. The maximum atomic E-state index is 12.2. The van der Waals surface area contributed by atoms with Gasteiger partial charge in [-0.2, -0.15) is 0 Å². The van der Waals surface area contributed by atoms with Crippen molar-refractivity contribution >= 4 is 5.69 Å². The van der Waals surface area contributed by atoms with Crippen LogP contribution in [-0.4, -0.2) is 16.5 Å². The summed E-state index contributed by atoms with van der Waals surface area (Å²) in [5.41, 5.74) is 7.37. The molecule has 0 amide bonds. The Morgan fingerprint density at radius 3 is 2.44 bits per heavy atom. The second-order valence-electron chi connectivity index (χ2n) is 4.15. The third kappa shape index (κ3) is 1.82. The van der Waals surface area contributed by atoms with Gasteiger partial charge in [-0.3, -0.25) is 9.48 Å². The molecule has 0 aliphatic rings. The van der Waals surface area contributed by atoms with Crippen LogP contribution in [0.3, 0.4) is 0 Å². The molecule has 0 bridgehead atoms. The zero-order valence-electron chi connectivity index (χ0n) is 10.8. The highest BCUT2D eigenvalue weighted by Gasteiger charge is 2.20. The van der Waals surface area contributed by atoms with E-state index in [2.05, 4.69) is 0 Å². The van der Waals surface area contributed by atoms with E-state index in [1.54, 1.807) is 23.5 Å². The van der Waals surface area contributed by atoms with Gasteiger partial charge < -0.3 is 10.5 Å². The van der Waals surface area contributed by atoms with E-state index in [9.17, 15) is 4.79 Å². The Morgan fingerprint density at radius 1 is 1.28 bits per heavy atom. The fraction of sp³-hybridized carbons (Fsp3) is 0.308. The average molecular weight is 247 g/mol. The summed E-state index contributed by atoms with van der Waals surface area (Å²) in [6.07, 6.45) is -0.229. The van der Waals surface area contributed by atoms with Gasteiger partial charge in [0.2, 0.25) is 0 Å². The number of nitrogens with two attached hydrogens (primary N) is 1. The van der Waals surface area contributed by atoms with Crippen molar-refractivity contribution in [3.63, 3.8) is 0 Å². The van der Waals surface area contributed by atoms with Crippen LogP contribution in [0.2, 0.25) is 0 Å². The number of rotatable bonds is 3. The molecule has 5 heteroatoms. The van der Waals surface area contributed by atoms with Crippen LogP contribution in [-0.2, 0) is 11.8 Å². The third-order valence-electron chi connectivity index (χ3n) is 3.09. The number of methoxy groups -OCH3 is 1. The van der Waals surface area contributed by atoms with Gasteiger partial charge in [0.05, 0.1) is 17.5 Å². The molecule has 96 valence electrons. The van der Waals surface area contributed by atoms with Crippen molar-refractivity contribution in [2.45, 2.75) is 13.0 Å². The number of para-hydroxylation sites is 1. The lowest BCUT2D eigenvalue weighted by Crippen LogP contribution is -2.20. The number of nitrogen functional groups attached to an aromatic ring is 1. The number of ether oxygens (including phenoxy) is 1. The molecule has 0 fully saturated rings. The first-order valence-corrected chi connectivity index (χ1v) is 5.73. The van der Waals surface area contributed by atoms with Crippen molar-refractivity contribution in [3.05, 3.63) is 46.4 Å². The molecule has 2 aromatic rings. The van der Waals surface area contributed by atoms with Gasteiger partial charge in [0.15, 0.2) is 0 Å². The molecule has 1 aromatic heterocycles. The number of nitrogens with zero attached hydrogens (tertiary/aromatic N) is 2. The molecular formula is C13H17N3O2. The molecular weight excluding hydrogens is 230 g/mol. The molecule has 18 heavy (non-hydrogen) atoms. The highest BCUT2D eigenvalue weighted by atomic mass is 16.5. The van der Waals surface area contributed by atoms with Crippen LogP contribution in [0.5, 0.6) is 0 Å². The first-order valence-electron chi connectivity index (χ1n) is 5.73. The van der Waals surface area contributed by atoms with E-state index in [4.69, 9.17) is 10.5 Å². The van der Waals surface area contributed by atoms with Gasteiger partial charge in [-0.25, -0.2) is 4.68 Å². The number of hydrogen-bond acceptors (Lipinski definition) is 3. The number of benzene rings is 1. The van der Waals surface area contributed by atoms with E-state index in [0.29, 0.717) is 5.69 Å². The zero-order chi connectivity index (χ0) is 13.3. The molecule has 1 aromatic carbocycles. The summed E-state index contributed by atoms with van der Waals surface area (Å²) in [5.74, 6) is 0. The van der Waals surface area contributed by atoms with Gasteiger partial charge >= 0.3 is 0 Å². The molecule has 5 nitrogen and oxygen atoms in total. The van der Waals surface area contributed by atoms with Crippen molar-refractivity contribution in [1.29, 1.82) is 0 Å². The maximum Gasteiger partial charge on any atom is 0.294 e. The molecule has 0 aliphatic carbocycles. The lowest BCUT2D eigenvalue weighted by Gasteiger charge is -2.13. The summed E-state index contributed by atoms with van der Waals surface area (Å²) in [5, 5.41) is 0. The largest absolute Gasteiger partial charge is 0.393 e. The lowest BCUT2D eigenvalue weighted by atomic mass is 10.2. The third-order valence-corrected chi connectivity index (χ3v) is 3.09. The summed E-state index contributed by atoms with van der Waals surface area (Å²) < 4.78 is 8.53. The van der Waals surface area contributed by atoms with E-state index < -0.39 is 0 Å². The highest BCUT2D eigenvalue weighted by Crippen LogP contribution is 2.21. The van der Waals surface area contributed by atoms with E-state index in [-0.39, 0.29) is 17.4 Å². The van der Waals surface area contributed by atoms with Gasteiger partial charge in [0.25, 0.3) is 5.56 Å². The summed E-state index contributed by atoms with van der Waals surface area (Å²) in [6, 6.07) is 9.39. The second kappa shape index (κ2) is 4.70. The van der Waals surface area contributed by atoms with Crippen LogP contribution < -0.4 is 11.3 Å². The average Bonchev–Trinajstić information content (AvgIpc) is 2.61. The molecule has 0 saturated carbocycles. The molecule has 0 radical (unpaired) electrons. The monoisotopic (exact) mass is 247 g/mol. The predicted molar refractivity (Wildman–Crippen MR) is 70.8 cm³/mol. The Kier molecular flexibility index (Phi) is 3.25. The van der Waals surface area contributed by atoms with Crippen molar-refractivity contribution in [2.75, 3.05) is 12.8 Å². The summed E-state index contributed by atoms with van der Waals surface area (Å²) in [4.78, 5) is 12.2. The highest BCUT2D eigenvalue weighted by molar-refractivity contribution is 5.46. The van der Waals surface area contributed by atoms with Crippen molar-refractivity contribution in [3.8, 4) is 5.69 Å². The van der Waals surface area contributed by atoms with Gasteiger partial charge in [0.1, 0.15) is 5.69 Å². The van der Waals surface area contributed by atoms with Crippen molar-refractivity contribution in [2.24, 2.45) is 7.05 Å². The molecule has 0 spiro atoms. The Balaban J connectivity index is 2.68. The predicted octanol–water partition coefficient (Wildman–Crippen LogP) is 1.47. The molecule has 0 aliphatic heterocycles. The Morgan fingerprint density at radius 2 is 1.89 bits per heavy atom. The van der Waals surface area contributed by atoms with E-state index in [1.165, 1.54) is 0 Å². The normalized spacial score (nSPS) is 12.6. The minimum absolute atomic E-state index is 0.220. The smallest absolute Gasteiger partial charge is 0.294 e. The Bertz CT molecular complexity index is 599. The fourth-order valence-corrected chi connectivity index (χ4v) is 2.10. The van der Waals surface area contributed by atoms with Gasteiger partial charge in [-0.1, -0.05) is 18.2 Å². The molecule has 2 rings (SSSR count).